The van der Waals surface area contributed by atoms with Gasteiger partial charge in [-0.2, -0.15) is 0 Å². The molecule has 2 rings (SSSR count). The lowest BCUT2D eigenvalue weighted by Gasteiger charge is -2.02. The summed E-state index contributed by atoms with van der Waals surface area (Å²) in [6.07, 6.45) is 3.69. The van der Waals surface area contributed by atoms with Gasteiger partial charge in [0.2, 0.25) is 0 Å². The highest BCUT2D eigenvalue weighted by Gasteiger charge is 1.96. The second-order valence-corrected chi connectivity index (χ2v) is 4.85. The molecule has 0 aliphatic carbocycles. The lowest BCUT2D eigenvalue weighted by atomic mass is 10.3. The summed E-state index contributed by atoms with van der Waals surface area (Å²) in [7, 11) is 0. The Labute approximate surface area is 106 Å². The third-order valence-corrected chi connectivity index (χ3v) is 3.15. The molecule has 2 aromatic rings. The molecule has 0 bridgehead atoms. The molecule has 2 aromatic heterocycles. The van der Waals surface area contributed by atoms with Crippen LogP contribution in [0, 0.1) is 6.92 Å². The highest BCUT2D eigenvalue weighted by Crippen LogP contribution is 2.14. The van der Waals surface area contributed by atoms with Crippen molar-refractivity contribution in [1.29, 1.82) is 0 Å². The second-order valence-electron chi connectivity index (χ2n) is 3.48. The maximum atomic E-state index is 4.08. The molecule has 0 unspecified atom stereocenters. The van der Waals surface area contributed by atoms with Gasteiger partial charge >= 0.3 is 0 Å². The van der Waals surface area contributed by atoms with E-state index in [0.29, 0.717) is 0 Å². The van der Waals surface area contributed by atoms with Crippen molar-refractivity contribution in [2.24, 2.45) is 0 Å². The van der Waals surface area contributed by atoms with Crippen molar-refractivity contribution in [3.63, 3.8) is 0 Å². The van der Waals surface area contributed by atoms with Gasteiger partial charge in [0.25, 0.3) is 0 Å². The van der Waals surface area contributed by atoms with Gasteiger partial charge in [0.15, 0.2) is 0 Å². The van der Waals surface area contributed by atoms with Gasteiger partial charge in [-0.15, -0.1) is 23.7 Å². The molecule has 1 N–H and O–H groups in total. The van der Waals surface area contributed by atoms with Crippen LogP contribution in [0.1, 0.15) is 15.3 Å². The van der Waals surface area contributed by atoms with Crippen molar-refractivity contribution < 1.29 is 0 Å². The van der Waals surface area contributed by atoms with Gasteiger partial charge in [-0.1, -0.05) is 6.07 Å². The zero-order chi connectivity index (χ0) is 10.5. The zero-order valence-corrected chi connectivity index (χ0v) is 10.8. The van der Waals surface area contributed by atoms with Crippen molar-refractivity contribution in [3.05, 3.63) is 52.0 Å². The number of aryl methyl sites for hydroxylation is 1. The van der Waals surface area contributed by atoms with Gasteiger partial charge in [-0.25, -0.2) is 0 Å². The molecule has 0 saturated heterocycles. The molecule has 0 fully saturated rings. The maximum absolute atomic E-state index is 4.08. The Morgan fingerprint density at radius 3 is 2.75 bits per heavy atom. The van der Waals surface area contributed by atoms with Crippen LogP contribution in [0.5, 0.6) is 0 Å². The van der Waals surface area contributed by atoms with E-state index < -0.39 is 0 Å². The Balaban J connectivity index is 0.00000128. The first kappa shape index (κ1) is 13.2. The van der Waals surface area contributed by atoms with Crippen LogP contribution in [0.3, 0.4) is 0 Å². The fraction of sp³-hybridized carbons (Fsp3) is 0.250. The Hall–Kier alpha value is -0.900. The maximum Gasteiger partial charge on any atom is 0.0312 e. The predicted octanol–water partition coefficient (Wildman–Crippen LogP) is 3.16. The lowest BCUT2D eigenvalue weighted by molar-refractivity contribution is 0.699. The van der Waals surface area contributed by atoms with E-state index in [9.17, 15) is 0 Å². The number of nitrogens with zero attached hydrogens (tertiary/aromatic N) is 1. The monoisotopic (exact) mass is 254 g/mol. The summed E-state index contributed by atoms with van der Waals surface area (Å²) in [6.45, 7) is 3.95. The molecule has 0 saturated carbocycles. The average Bonchev–Trinajstić information content (AvgIpc) is 2.66. The van der Waals surface area contributed by atoms with Crippen LogP contribution in [0.25, 0.3) is 0 Å². The minimum absolute atomic E-state index is 0. The largest absolute Gasteiger partial charge is 0.308 e. The fourth-order valence-electron chi connectivity index (χ4n) is 1.41. The summed E-state index contributed by atoms with van der Waals surface area (Å²) < 4.78 is 0. The van der Waals surface area contributed by atoms with Crippen LogP contribution in [-0.4, -0.2) is 4.98 Å². The zero-order valence-electron chi connectivity index (χ0n) is 9.14. The quantitative estimate of drug-likeness (QED) is 0.907. The van der Waals surface area contributed by atoms with E-state index in [0.717, 1.165) is 13.1 Å². The molecule has 0 amide bonds. The summed E-state index contributed by atoms with van der Waals surface area (Å²) in [6, 6.07) is 8.38. The summed E-state index contributed by atoms with van der Waals surface area (Å²) >= 11 is 1.84. The molecule has 4 heteroatoms. The molecule has 2 nitrogen and oxygen atoms in total. The Morgan fingerprint density at radius 2 is 2.12 bits per heavy atom. The molecule has 0 radical (unpaired) electrons. The van der Waals surface area contributed by atoms with Crippen LogP contribution < -0.4 is 5.32 Å². The average molecular weight is 255 g/mol. The number of nitrogens with one attached hydrogen (secondary N) is 1. The standard InChI is InChI=1S/C12H14N2S.ClH/c1-10-4-5-12(15-10)9-14-8-11-3-2-6-13-7-11;/h2-7,14H,8-9H2,1H3;1H. The lowest BCUT2D eigenvalue weighted by Crippen LogP contribution is -2.11. The number of hydrogen-bond donors (Lipinski definition) is 1. The third-order valence-electron chi connectivity index (χ3n) is 2.15. The van der Waals surface area contributed by atoms with Gasteiger partial charge in [-0.05, 0) is 30.7 Å². The molecule has 0 aliphatic heterocycles. The van der Waals surface area contributed by atoms with Gasteiger partial charge in [0.1, 0.15) is 0 Å². The first-order valence-electron chi connectivity index (χ1n) is 4.99. The second kappa shape index (κ2) is 6.63. The topological polar surface area (TPSA) is 24.9 Å². The first-order valence-corrected chi connectivity index (χ1v) is 5.81. The van der Waals surface area contributed by atoms with Crippen LogP contribution in [0.4, 0.5) is 0 Å². The molecular formula is C12H15ClN2S. The van der Waals surface area contributed by atoms with E-state index >= 15 is 0 Å². The highest BCUT2D eigenvalue weighted by atomic mass is 35.5. The summed E-state index contributed by atoms with van der Waals surface area (Å²) in [4.78, 5) is 6.83. The third kappa shape index (κ3) is 3.93. The SMILES string of the molecule is Cc1ccc(CNCc2cccnc2)s1.Cl. The van der Waals surface area contributed by atoms with Crippen LogP contribution in [0.15, 0.2) is 36.7 Å². The van der Waals surface area contributed by atoms with Crippen molar-refractivity contribution >= 4 is 23.7 Å². The predicted molar refractivity (Wildman–Crippen MR) is 71.1 cm³/mol. The van der Waals surface area contributed by atoms with E-state index in [-0.39, 0.29) is 12.4 Å². The number of rotatable bonds is 4. The number of hydrogen-bond acceptors (Lipinski definition) is 3. The van der Waals surface area contributed by atoms with E-state index in [2.05, 4.69) is 35.4 Å². The van der Waals surface area contributed by atoms with E-state index in [4.69, 9.17) is 0 Å². The fourth-order valence-corrected chi connectivity index (χ4v) is 2.27. The van der Waals surface area contributed by atoms with Crippen molar-refractivity contribution in [2.75, 3.05) is 0 Å². The number of halogens is 1. The smallest absolute Gasteiger partial charge is 0.0312 e. The summed E-state index contributed by atoms with van der Waals surface area (Å²) in [5.41, 5.74) is 1.23. The van der Waals surface area contributed by atoms with E-state index in [1.165, 1.54) is 15.3 Å². The molecule has 0 spiro atoms. The molecule has 0 aromatic carbocycles. The summed E-state index contributed by atoms with van der Waals surface area (Å²) in [5.74, 6) is 0. The molecule has 86 valence electrons. The summed E-state index contributed by atoms with van der Waals surface area (Å²) in [5, 5.41) is 3.40. The first-order chi connectivity index (χ1) is 7.34. The molecule has 0 atom stereocenters. The molecule has 2 heterocycles. The number of aromatic nitrogens is 1. The van der Waals surface area contributed by atoms with E-state index in [1.54, 1.807) is 6.20 Å². The van der Waals surface area contributed by atoms with Gasteiger partial charge < -0.3 is 5.32 Å². The highest BCUT2D eigenvalue weighted by molar-refractivity contribution is 7.11. The molecular weight excluding hydrogens is 240 g/mol. The Kier molecular flexibility index (Phi) is 5.46. The number of thiophene rings is 1. The van der Waals surface area contributed by atoms with Crippen LogP contribution in [-0.2, 0) is 13.1 Å². The van der Waals surface area contributed by atoms with Gasteiger partial charge in [0, 0.05) is 35.2 Å². The van der Waals surface area contributed by atoms with Gasteiger partial charge in [-0.3, -0.25) is 4.98 Å². The van der Waals surface area contributed by atoms with Crippen LogP contribution in [0.2, 0.25) is 0 Å². The van der Waals surface area contributed by atoms with Gasteiger partial charge in [0.05, 0.1) is 0 Å². The van der Waals surface area contributed by atoms with Crippen molar-refractivity contribution in [3.8, 4) is 0 Å². The minimum Gasteiger partial charge on any atom is -0.308 e. The van der Waals surface area contributed by atoms with Crippen molar-refractivity contribution in [1.82, 2.24) is 10.3 Å². The number of pyridine rings is 1. The molecule has 16 heavy (non-hydrogen) atoms. The molecule has 0 aliphatic rings. The Bertz CT molecular complexity index is 414. The van der Waals surface area contributed by atoms with E-state index in [1.807, 2.05) is 23.6 Å². The normalized spacial score (nSPS) is 9.81. The van der Waals surface area contributed by atoms with Crippen molar-refractivity contribution in [2.45, 2.75) is 20.0 Å². The Morgan fingerprint density at radius 1 is 1.25 bits per heavy atom. The minimum atomic E-state index is 0. The van der Waals surface area contributed by atoms with Crippen LogP contribution >= 0.6 is 23.7 Å².